The molecule has 0 saturated carbocycles. The maximum absolute atomic E-state index is 11.4. The van der Waals surface area contributed by atoms with Crippen LogP contribution >= 0.6 is 0 Å². The Morgan fingerprint density at radius 1 is 1.53 bits per heavy atom. The van der Waals surface area contributed by atoms with Gasteiger partial charge in [-0.15, -0.1) is 0 Å². The van der Waals surface area contributed by atoms with E-state index in [1.807, 2.05) is 13.8 Å². The third kappa shape index (κ3) is 2.45. The Labute approximate surface area is 88.9 Å². The van der Waals surface area contributed by atoms with E-state index in [-0.39, 0.29) is 5.41 Å². The summed E-state index contributed by atoms with van der Waals surface area (Å²) in [5.41, 5.74) is 0.119. The number of ether oxygens (including phenoxy) is 1. The zero-order chi connectivity index (χ0) is 11.6. The molecule has 0 unspecified atom stereocenters. The summed E-state index contributed by atoms with van der Waals surface area (Å²) < 4.78 is 4.34. The van der Waals surface area contributed by atoms with Gasteiger partial charge in [-0.3, -0.25) is 4.79 Å². The van der Waals surface area contributed by atoms with Crippen LogP contribution in [0.1, 0.15) is 26.7 Å². The molecular weight excluding hydrogens is 196 g/mol. The van der Waals surface area contributed by atoms with Gasteiger partial charge in [0.1, 0.15) is 0 Å². The van der Waals surface area contributed by atoms with Crippen LogP contribution in [0.5, 0.6) is 0 Å². The van der Waals surface area contributed by atoms with Gasteiger partial charge in [0, 0.05) is 5.57 Å². The zero-order valence-electron chi connectivity index (χ0n) is 9.24. The number of esters is 1. The molecule has 0 fully saturated rings. The molecule has 0 amide bonds. The van der Waals surface area contributed by atoms with E-state index in [4.69, 9.17) is 0 Å². The van der Waals surface area contributed by atoms with Crippen LogP contribution in [0.3, 0.4) is 0 Å². The Morgan fingerprint density at radius 2 is 2.13 bits per heavy atom. The van der Waals surface area contributed by atoms with Gasteiger partial charge in [0.2, 0.25) is 0 Å². The van der Waals surface area contributed by atoms with E-state index in [1.165, 1.54) is 13.2 Å². The van der Waals surface area contributed by atoms with E-state index in [1.54, 1.807) is 0 Å². The van der Waals surface area contributed by atoms with E-state index < -0.39 is 17.9 Å². The standard InChI is InChI=1S/C11H16O4/c1-11(2)5-4-7(6-8(11)12)9(13)10(14)15-3/h6,8,12H,4-5H2,1-3H3/t8-/m1/s1. The molecule has 4 nitrogen and oxygen atoms in total. The molecule has 0 aromatic rings. The minimum atomic E-state index is -0.867. The number of Topliss-reactive ketones (excluding diaryl/α,β-unsaturated/α-hetero) is 1. The van der Waals surface area contributed by atoms with Gasteiger partial charge in [-0.25, -0.2) is 4.79 Å². The van der Waals surface area contributed by atoms with Gasteiger partial charge in [-0.1, -0.05) is 13.8 Å². The second-order valence-electron chi connectivity index (χ2n) is 4.45. The van der Waals surface area contributed by atoms with Gasteiger partial charge in [0.15, 0.2) is 0 Å². The quantitative estimate of drug-likeness (QED) is 0.544. The molecule has 0 aromatic heterocycles. The fourth-order valence-corrected chi connectivity index (χ4v) is 1.52. The molecule has 0 aliphatic heterocycles. The first-order chi connectivity index (χ1) is 6.88. The molecule has 0 saturated heterocycles. The van der Waals surface area contributed by atoms with Crippen molar-refractivity contribution in [2.45, 2.75) is 32.8 Å². The molecule has 0 heterocycles. The first kappa shape index (κ1) is 11.9. The Balaban J connectivity index is 2.83. The first-order valence-corrected chi connectivity index (χ1v) is 4.90. The van der Waals surface area contributed by atoms with Crippen molar-refractivity contribution in [1.29, 1.82) is 0 Å². The highest BCUT2D eigenvalue weighted by atomic mass is 16.5. The molecule has 15 heavy (non-hydrogen) atoms. The fourth-order valence-electron chi connectivity index (χ4n) is 1.52. The summed E-state index contributed by atoms with van der Waals surface area (Å²) in [6, 6.07) is 0. The SMILES string of the molecule is COC(=O)C(=O)C1=C[C@@H](O)C(C)(C)CC1. The van der Waals surface area contributed by atoms with Crippen LogP contribution in [0.15, 0.2) is 11.6 Å². The summed E-state index contributed by atoms with van der Waals surface area (Å²) in [5.74, 6) is -1.51. The highest BCUT2D eigenvalue weighted by Gasteiger charge is 2.33. The van der Waals surface area contributed by atoms with Crippen molar-refractivity contribution in [2.24, 2.45) is 5.41 Å². The molecule has 0 aromatic carbocycles. The third-order valence-corrected chi connectivity index (χ3v) is 2.86. The van der Waals surface area contributed by atoms with Crippen LogP contribution in [-0.2, 0) is 14.3 Å². The predicted molar refractivity (Wildman–Crippen MR) is 54.1 cm³/mol. The van der Waals surface area contributed by atoms with Crippen molar-refractivity contribution in [3.63, 3.8) is 0 Å². The monoisotopic (exact) mass is 212 g/mol. The van der Waals surface area contributed by atoms with Crippen LogP contribution < -0.4 is 0 Å². The first-order valence-electron chi connectivity index (χ1n) is 4.90. The van der Waals surface area contributed by atoms with E-state index in [0.29, 0.717) is 18.4 Å². The summed E-state index contributed by atoms with van der Waals surface area (Å²) in [6.07, 6.45) is 1.97. The molecule has 4 heteroatoms. The van der Waals surface area contributed by atoms with E-state index in [0.717, 1.165) is 0 Å². The lowest BCUT2D eigenvalue weighted by Gasteiger charge is -2.33. The largest absolute Gasteiger partial charge is 0.463 e. The van der Waals surface area contributed by atoms with Crippen LogP contribution in [0.4, 0.5) is 0 Å². The summed E-state index contributed by atoms with van der Waals surface area (Å²) >= 11 is 0. The average Bonchev–Trinajstić information content (AvgIpc) is 2.20. The average molecular weight is 212 g/mol. The van der Waals surface area contributed by atoms with E-state index in [9.17, 15) is 14.7 Å². The van der Waals surface area contributed by atoms with Crippen LogP contribution in [0.2, 0.25) is 0 Å². The predicted octanol–water partition coefficient (Wildman–Crippen LogP) is 0.836. The molecular formula is C11H16O4. The number of aliphatic hydroxyl groups is 1. The van der Waals surface area contributed by atoms with Gasteiger partial charge in [0.25, 0.3) is 5.78 Å². The lowest BCUT2D eigenvalue weighted by Crippen LogP contribution is -2.33. The molecule has 0 radical (unpaired) electrons. The smallest absolute Gasteiger partial charge is 0.379 e. The second-order valence-corrected chi connectivity index (χ2v) is 4.45. The Hall–Kier alpha value is -1.16. The van der Waals surface area contributed by atoms with Crippen molar-refractivity contribution >= 4 is 11.8 Å². The minimum absolute atomic E-state index is 0.236. The number of rotatable bonds is 2. The number of ketones is 1. The number of carbonyl (C=O) groups excluding carboxylic acids is 2. The van der Waals surface area contributed by atoms with Gasteiger partial charge in [-0.05, 0) is 24.3 Å². The number of hydrogen-bond donors (Lipinski definition) is 1. The Morgan fingerprint density at radius 3 is 2.60 bits per heavy atom. The summed E-state index contributed by atoms with van der Waals surface area (Å²) in [5, 5.41) is 9.73. The molecule has 0 bridgehead atoms. The van der Waals surface area contributed by atoms with E-state index in [2.05, 4.69) is 4.74 Å². The van der Waals surface area contributed by atoms with Crippen molar-refractivity contribution < 1.29 is 19.4 Å². The summed E-state index contributed by atoms with van der Waals surface area (Å²) in [6.45, 7) is 3.85. The highest BCUT2D eigenvalue weighted by Crippen LogP contribution is 2.34. The van der Waals surface area contributed by atoms with Gasteiger partial charge in [-0.2, -0.15) is 0 Å². The maximum Gasteiger partial charge on any atom is 0.379 e. The van der Waals surface area contributed by atoms with Crippen molar-refractivity contribution in [1.82, 2.24) is 0 Å². The molecule has 1 N–H and O–H groups in total. The van der Waals surface area contributed by atoms with Gasteiger partial charge >= 0.3 is 5.97 Å². The number of hydrogen-bond acceptors (Lipinski definition) is 4. The molecule has 1 aliphatic carbocycles. The van der Waals surface area contributed by atoms with Crippen LogP contribution in [0, 0.1) is 5.41 Å². The zero-order valence-corrected chi connectivity index (χ0v) is 9.24. The fraction of sp³-hybridized carbons (Fsp3) is 0.636. The normalized spacial score (nSPS) is 24.3. The minimum Gasteiger partial charge on any atom is -0.463 e. The van der Waals surface area contributed by atoms with E-state index >= 15 is 0 Å². The van der Waals surface area contributed by atoms with Crippen molar-refractivity contribution in [2.75, 3.05) is 7.11 Å². The van der Waals surface area contributed by atoms with Gasteiger partial charge in [0.05, 0.1) is 13.2 Å². The van der Waals surface area contributed by atoms with Crippen molar-refractivity contribution in [3.05, 3.63) is 11.6 Å². The topological polar surface area (TPSA) is 63.6 Å². The highest BCUT2D eigenvalue weighted by molar-refractivity contribution is 6.40. The molecule has 84 valence electrons. The maximum atomic E-state index is 11.4. The Bertz CT molecular complexity index is 315. The van der Waals surface area contributed by atoms with Crippen molar-refractivity contribution in [3.8, 4) is 0 Å². The Kier molecular flexibility index (Phi) is 3.29. The molecule has 1 rings (SSSR count). The second kappa shape index (κ2) is 4.14. The van der Waals surface area contributed by atoms with Crippen LogP contribution in [-0.4, -0.2) is 30.1 Å². The van der Waals surface area contributed by atoms with Crippen LogP contribution in [0.25, 0.3) is 0 Å². The lowest BCUT2D eigenvalue weighted by atomic mass is 9.75. The van der Waals surface area contributed by atoms with Gasteiger partial charge < -0.3 is 9.84 Å². The summed E-state index contributed by atoms with van der Waals surface area (Å²) in [7, 11) is 1.17. The third-order valence-electron chi connectivity index (χ3n) is 2.86. The molecule has 1 aliphatic rings. The number of carbonyl (C=O) groups is 2. The summed E-state index contributed by atoms with van der Waals surface area (Å²) in [4.78, 5) is 22.4. The molecule has 1 atom stereocenters. The lowest BCUT2D eigenvalue weighted by molar-refractivity contribution is -0.150. The molecule has 0 spiro atoms. The number of aliphatic hydroxyl groups excluding tert-OH is 1. The number of methoxy groups -OCH3 is 1.